The number of nitrogens with one attached hydrogen (secondary N) is 2. The number of aromatic nitrogens is 4. The molecule has 0 saturated heterocycles. The number of rotatable bonds is 12. The van der Waals surface area contributed by atoms with Crippen LogP contribution in [0, 0.1) is 0 Å². The molecule has 7 heterocycles. The van der Waals surface area contributed by atoms with Crippen molar-refractivity contribution >= 4 is 89.5 Å². The van der Waals surface area contributed by atoms with E-state index in [9.17, 15) is 0 Å². The predicted octanol–water partition coefficient (Wildman–Crippen LogP) is 27.3. The van der Waals surface area contributed by atoms with Crippen molar-refractivity contribution in [2.24, 2.45) is 0 Å². The number of hydrogen-bond acceptors (Lipinski definition) is 14. The van der Waals surface area contributed by atoms with E-state index in [-0.39, 0.29) is 75.3 Å². The van der Waals surface area contributed by atoms with Gasteiger partial charge in [-0.25, -0.2) is 9.97 Å². The molecule has 0 spiro atoms. The molecule has 0 aliphatic carbocycles. The number of ether oxygens (including phenoxy) is 12. The van der Waals surface area contributed by atoms with Crippen LogP contribution in [0.25, 0.3) is 156 Å². The first-order valence-corrected chi connectivity index (χ1v) is 43.8. The number of benzene rings is 12. The minimum Gasteiger partial charge on any atom is -0.488 e. The summed E-state index contributed by atoms with van der Waals surface area (Å²) in [6.45, 7) is 26.8. The van der Waals surface area contributed by atoms with E-state index >= 15 is 0 Å². The zero-order valence-corrected chi connectivity index (χ0v) is 75.5. The molecule has 0 atom stereocenters. The zero-order valence-electron chi connectivity index (χ0n) is 75.5. The van der Waals surface area contributed by atoms with Gasteiger partial charge in [0, 0.05) is 140 Å². The Balaban J connectivity index is 0.986. The third-order valence-electron chi connectivity index (χ3n) is 24.8. The third-order valence-corrected chi connectivity index (χ3v) is 24.8. The van der Waals surface area contributed by atoms with Gasteiger partial charge in [0.05, 0.1) is 22.8 Å². The first kappa shape index (κ1) is 84.0. The fourth-order valence-electron chi connectivity index (χ4n) is 18.3. The van der Waals surface area contributed by atoms with Crippen molar-refractivity contribution < 1.29 is 56.8 Å². The summed E-state index contributed by atoms with van der Waals surface area (Å²) < 4.78 is 82.4. The second-order valence-corrected chi connectivity index (χ2v) is 37.5. The minimum absolute atomic E-state index is 0.0480. The molecule has 646 valence electrons. The standard InChI is InChI=1S/C112H106N4O12/c1-109(2,3)73-33-45-93-81(53-73)97-85-37-38-86(113-85)98(82-54-74(110(4,5)6)34-46-94(82)122-58-70-50-66-26-18-22-30-78(66)102(106(70)126-62-118-14)101-77-29-21-17-25-65(77)49-69(57-121-93)105(101)125-61-117-13)91-43-44-92(116-91)100-84-56-76(112(10,11)12)36-48-96(84)124-60-72-52-68-28-20-24-32-80(68)104(108(72)128-64-120-16)103-79-31-23-19-27-67(79)51-71(107(103)127-63-119-15)59-123-95-47-35-75(111(7,8)9)55-83(95)99(87-39-40-88(100)114-87)90-42-41-89(97)115-90/h17-56,115-116H,57-64H2,1-16H3. The van der Waals surface area contributed by atoms with E-state index in [1.807, 2.05) is 0 Å². The molecular weight excluding hydrogens is 1590 g/mol. The van der Waals surface area contributed by atoms with Gasteiger partial charge in [-0.3, -0.25) is 0 Å². The number of H-pyrrole nitrogens is 2. The zero-order chi connectivity index (χ0) is 88.7. The van der Waals surface area contributed by atoms with Crippen LogP contribution in [0.4, 0.5) is 0 Å². The Morgan fingerprint density at radius 1 is 0.266 bits per heavy atom. The van der Waals surface area contributed by atoms with Crippen molar-refractivity contribution in [1.29, 1.82) is 0 Å². The van der Waals surface area contributed by atoms with Gasteiger partial charge in [0.15, 0.2) is 27.2 Å². The van der Waals surface area contributed by atoms with Crippen molar-refractivity contribution in [2.45, 2.75) is 131 Å². The van der Waals surface area contributed by atoms with E-state index in [2.05, 4.69) is 336 Å². The first-order valence-electron chi connectivity index (χ1n) is 43.8. The molecule has 16 heteroatoms. The Hall–Kier alpha value is -13.5. The molecule has 2 N–H and O–H groups in total. The van der Waals surface area contributed by atoms with E-state index in [4.69, 9.17) is 66.8 Å². The lowest BCUT2D eigenvalue weighted by Crippen LogP contribution is -2.12. The van der Waals surface area contributed by atoms with Crippen molar-refractivity contribution in [2.75, 3.05) is 55.6 Å². The number of methoxy groups -OCH3 is 4. The van der Waals surface area contributed by atoms with Crippen LogP contribution in [0.3, 0.4) is 0 Å². The first-order chi connectivity index (χ1) is 61.8. The number of hydrogen-bond donors (Lipinski definition) is 2. The largest absolute Gasteiger partial charge is 0.488 e. The van der Waals surface area contributed by atoms with E-state index in [0.717, 1.165) is 176 Å². The topological polar surface area (TPSA) is 168 Å². The molecular formula is C112H106N4O12. The van der Waals surface area contributed by atoms with Gasteiger partial charge in [-0.15, -0.1) is 0 Å². The molecule has 15 aromatic rings. The Kier molecular flexibility index (Phi) is 22.1. The molecule has 3 aromatic heterocycles. The van der Waals surface area contributed by atoms with Gasteiger partial charge in [0.25, 0.3) is 0 Å². The fraction of sp³-hybridized carbons (Fsp3) is 0.250. The summed E-state index contributed by atoms with van der Waals surface area (Å²) in [7, 11) is 6.56. The molecule has 128 heavy (non-hydrogen) atoms. The minimum atomic E-state index is -0.353. The fourth-order valence-corrected chi connectivity index (χ4v) is 18.3. The average molecular weight is 1700 g/mol. The lowest BCUT2D eigenvalue weighted by molar-refractivity contribution is 0.0487. The Labute approximate surface area is 747 Å². The lowest BCUT2D eigenvalue weighted by atomic mass is 9.85. The average Bonchev–Trinajstić information content (AvgIpc) is 0.999. The highest BCUT2D eigenvalue weighted by Crippen LogP contribution is 2.55. The smallest absolute Gasteiger partial charge is 0.188 e. The van der Waals surface area contributed by atoms with Gasteiger partial charge < -0.3 is 66.8 Å². The molecule has 4 aliphatic rings. The van der Waals surface area contributed by atoms with E-state index in [0.29, 0.717) is 68.8 Å². The summed E-state index contributed by atoms with van der Waals surface area (Å²) in [5.41, 5.74) is 21.0. The van der Waals surface area contributed by atoms with Crippen LogP contribution >= 0.6 is 0 Å². The number of fused-ring (bicyclic) bond motifs is 34. The molecule has 0 amide bonds. The maximum atomic E-state index is 7.65. The highest BCUT2D eigenvalue weighted by molar-refractivity contribution is 6.13. The van der Waals surface area contributed by atoms with Gasteiger partial charge in [0.1, 0.15) is 72.4 Å². The van der Waals surface area contributed by atoms with Gasteiger partial charge in [-0.1, -0.05) is 204 Å². The highest BCUT2D eigenvalue weighted by atomic mass is 16.7. The molecule has 16 nitrogen and oxygen atoms in total. The van der Waals surface area contributed by atoms with Crippen molar-refractivity contribution in [3.8, 4) is 113 Å². The molecule has 0 unspecified atom stereocenters. The lowest BCUT2D eigenvalue weighted by Gasteiger charge is -2.25. The Morgan fingerprint density at radius 3 is 0.695 bits per heavy atom. The Morgan fingerprint density at radius 2 is 0.484 bits per heavy atom. The second kappa shape index (κ2) is 33.7. The monoisotopic (exact) mass is 1700 g/mol. The van der Waals surface area contributed by atoms with Crippen LogP contribution in [0.2, 0.25) is 0 Å². The SMILES string of the molecule is COCOc1c2cc3ccccc3c1-c1c(OCOC)c(cc3ccccc13)COc1ccc(C(C)(C)C)cc1-c1c3nc(c(c4ccc([nH]4)c4c5nc(c(c6ccc1[nH]6)-c1cc(C(C)(C)C)ccc1OCc1cc6ccccc6c(c1OCOC)-c1c(OCOC)c(cc6ccccc16)COc1ccc(C(C)(C)C)cc1-4)C=C5)-c1cc(C(C)(C)C)ccc1OC2)C=C3. The predicted molar refractivity (Wildman–Crippen MR) is 517 cm³/mol. The summed E-state index contributed by atoms with van der Waals surface area (Å²) >= 11 is 0. The van der Waals surface area contributed by atoms with Gasteiger partial charge in [0.2, 0.25) is 0 Å². The van der Waals surface area contributed by atoms with E-state index in [1.165, 1.54) is 0 Å². The van der Waals surface area contributed by atoms with Crippen LogP contribution in [0.1, 0.15) is 150 Å². The third kappa shape index (κ3) is 15.7. The highest BCUT2D eigenvalue weighted by Gasteiger charge is 2.34. The molecule has 0 saturated carbocycles. The summed E-state index contributed by atoms with van der Waals surface area (Å²) in [4.78, 5) is 20.5. The van der Waals surface area contributed by atoms with Crippen LogP contribution in [0.15, 0.2) is 218 Å². The number of aromatic amines is 2. The molecule has 0 fully saturated rings. The summed E-state index contributed by atoms with van der Waals surface area (Å²) in [6, 6.07) is 77.2. The van der Waals surface area contributed by atoms with Gasteiger partial charge >= 0.3 is 0 Å². The second-order valence-electron chi connectivity index (χ2n) is 37.5. The van der Waals surface area contributed by atoms with Crippen LogP contribution in [-0.2, 0) is 67.0 Å². The maximum Gasteiger partial charge on any atom is 0.188 e. The number of nitrogens with zero attached hydrogens (tertiary/aromatic N) is 2. The van der Waals surface area contributed by atoms with Crippen molar-refractivity contribution in [3.05, 3.63) is 286 Å². The molecule has 19 rings (SSSR count). The van der Waals surface area contributed by atoms with Gasteiger partial charge in [-0.2, -0.15) is 0 Å². The Bertz CT molecular complexity index is 6360. The maximum absolute atomic E-state index is 7.65. The van der Waals surface area contributed by atoms with Crippen LogP contribution in [0.5, 0.6) is 46.0 Å². The molecule has 12 aromatic carbocycles. The van der Waals surface area contributed by atoms with E-state index in [1.54, 1.807) is 28.4 Å². The van der Waals surface area contributed by atoms with Gasteiger partial charge in [-0.05, 0) is 208 Å². The summed E-state index contributed by atoms with van der Waals surface area (Å²) in [5.74, 6) is 4.62. The van der Waals surface area contributed by atoms with Crippen molar-refractivity contribution in [1.82, 2.24) is 19.9 Å². The summed E-state index contributed by atoms with van der Waals surface area (Å²) in [5, 5.41) is 7.53. The molecule has 4 aliphatic heterocycles. The van der Waals surface area contributed by atoms with E-state index < -0.39 is 0 Å². The quantitative estimate of drug-likeness (QED) is 0.111. The summed E-state index contributed by atoms with van der Waals surface area (Å²) in [6.07, 6.45) is 8.57. The molecule has 20 bridgehead atoms. The molecule has 0 radical (unpaired) electrons. The normalized spacial score (nSPS) is 13.3. The van der Waals surface area contributed by atoms with Crippen LogP contribution in [-0.4, -0.2) is 75.5 Å². The van der Waals surface area contributed by atoms with Crippen molar-refractivity contribution in [3.63, 3.8) is 0 Å². The van der Waals surface area contributed by atoms with Crippen LogP contribution < -0.4 is 37.9 Å².